The molecule has 9 heteroatoms. The van der Waals surface area contributed by atoms with Gasteiger partial charge in [0, 0.05) is 6.54 Å². The van der Waals surface area contributed by atoms with Crippen LogP contribution in [0.5, 0.6) is 0 Å². The highest BCUT2D eigenvalue weighted by Crippen LogP contribution is 2.28. The number of nitrogens with one attached hydrogen (secondary N) is 1. The molecule has 0 bridgehead atoms. The number of benzene rings is 1. The minimum atomic E-state index is -3.76. The molecular formula is C16H18N2O5S2. The Hall–Kier alpha value is -1.84. The lowest BCUT2D eigenvalue weighted by atomic mass is 10.1. The molecule has 2 aliphatic heterocycles. The molecule has 0 aromatic heterocycles. The first-order valence-corrected chi connectivity index (χ1v) is 10.2. The number of thioether (sulfide) groups is 1. The highest BCUT2D eigenvalue weighted by atomic mass is 32.2. The van der Waals surface area contributed by atoms with Crippen LogP contribution in [0.4, 0.5) is 0 Å². The highest BCUT2D eigenvalue weighted by molar-refractivity contribution is 8.03. The summed E-state index contributed by atoms with van der Waals surface area (Å²) in [5, 5.41) is 12.7. The van der Waals surface area contributed by atoms with Crippen molar-refractivity contribution in [2.45, 2.75) is 35.1 Å². The third kappa shape index (κ3) is 3.58. The molecule has 0 spiro atoms. The first-order valence-electron chi connectivity index (χ1n) is 7.83. The molecule has 25 heavy (non-hydrogen) atoms. The zero-order valence-electron chi connectivity index (χ0n) is 13.2. The van der Waals surface area contributed by atoms with Gasteiger partial charge in [0.1, 0.15) is 11.3 Å². The molecule has 2 aliphatic rings. The Morgan fingerprint density at radius 3 is 2.64 bits per heavy atom. The Morgan fingerprint density at radius 1 is 1.24 bits per heavy atom. The summed E-state index contributed by atoms with van der Waals surface area (Å²) in [5.74, 6) is -1.47. The molecule has 2 N–H and O–H groups in total. The molecule has 2 heterocycles. The third-order valence-electron chi connectivity index (χ3n) is 4.25. The molecule has 1 fully saturated rings. The minimum absolute atomic E-state index is 0.148. The number of aliphatic carboxylic acids is 1. The van der Waals surface area contributed by atoms with Crippen LogP contribution in [-0.4, -0.2) is 53.6 Å². The van der Waals surface area contributed by atoms with Crippen molar-refractivity contribution in [2.24, 2.45) is 0 Å². The second-order valence-electron chi connectivity index (χ2n) is 5.84. The number of hydrogen-bond donors (Lipinski definition) is 2. The average Bonchev–Trinajstić information content (AvgIpc) is 3.25. The lowest BCUT2D eigenvalue weighted by Gasteiger charge is -2.25. The van der Waals surface area contributed by atoms with Crippen LogP contribution in [0.25, 0.3) is 0 Å². The van der Waals surface area contributed by atoms with E-state index in [0.29, 0.717) is 12.8 Å². The number of rotatable bonds is 5. The van der Waals surface area contributed by atoms with E-state index in [9.17, 15) is 23.1 Å². The molecule has 0 aliphatic carbocycles. The maximum Gasteiger partial charge on any atom is 0.319 e. The Bertz CT molecular complexity index is 794. The van der Waals surface area contributed by atoms with Gasteiger partial charge in [-0.05, 0) is 30.4 Å². The number of carboxylic acids is 1. The first kappa shape index (κ1) is 18.0. The molecule has 134 valence electrons. The predicted molar refractivity (Wildman–Crippen MR) is 93.4 cm³/mol. The summed E-state index contributed by atoms with van der Waals surface area (Å²) in [6.07, 6.45) is 2.62. The zero-order valence-corrected chi connectivity index (χ0v) is 14.9. The van der Waals surface area contributed by atoms with Gasteiger partial charge < -0.3 is 10.4 Å². The quantitative estimate of drug-likeness (QED) is 0.789. The fraction of sp³-hybridized carbons (Fsp3) is 0.375. The molecule has 1 amide bonds. The van der Waals surface area contributed by atoms with E-state index >= 15 is 0 Å². The van der Waals surface area contributed by atoms with Crippen molar-refractivity contribution in [3.63, 3.8) is 0 Å². The largest absolute Gasteiger partial charge is 0.480 e. The van der Waals surface area contributed by atoms with E-state index in [4.69, 9.17) is 0 Å². The van der Waals surface area contributed by atoms with E-state index in [0.717, 1.165) is 11.8 Å². The van der Waals surface area contributed by atoms with Gasteiger partial charge >= 0.3 is 5.97 Å². The van der Waals surface area contributed by atoms with Crippen LogP contribution >= 0.6 is 11.8 Å². The summed E-state index contributed by atoms with van der Waals surface area (Å²) in [4.78, 5) is 24.0. The highest BCUT2D eigenvalue weighted by Gasteiger charge is 2.41. The second kappa shape index (κ2) is 7.19. The van der Waals surface area contributed by atoms with Gasteiger partial charge in [-0.3, -0.25) is 9.59 Å². The number of hydrogen-bond acceptors (Lipinski definition) is 5. The molecule has 7 nitrogen and oxygen atoms in total. The zero-order chi connectivity index (χ0) is 18.0. The number of amides is 1. The average molecular weight is 382 g/mol. The molecule has 1 saturated heterocycles. The molecule has 1 aromatic rings. The van der Waals surface area contributed by atoms with Crippen LogP contribution < -0.4 is 5.32 Å². The smallest absolute Gasteiger partial charge is 0.319 e. The molecular weight excluding hydrogens is 364 g/mol. The van der Waals surface area contributed by atoms with E-state index in [1.54, 1.807) is 29.7 Å². The normalized spacial score (nSPS) is 26.6. The van der Waals surface area contributed by atoms with E-state index in [-0.39, 0.29) is 11.4 Å². The van der Waals surface area contributed by atoms with Gasteiger partial charge in [0.15, 0.2) is 0 Å². The first-order chi connectivity index (χ1) is 11.9. The lowest BCUT2D eigenvalue weighted by Crippen LogP contribution is -2.51. The van der Waals surface area contributed by atoms with Gasteiger partial charge in [0.2, 0.25) is 15.9 Å². The number of sulfonamides is 1. The molecule has 3 rings (SSSR count). The Labute approximate surface area is 150 Å². The standard InChI is InChI=1S/C16H18N2O5S2/c19-15(17-12-8-10-24-14(12)16(20)21)13-7-4-9-18(13)25(22,23)11-5-2-1-3-6-11/h1-3,5-6,8,10,12-14H,4,7,9H2,(H,17,19)(H,20,21)/t12?,13-,14?/m1/s1. The summed E-state index contributed by atoms with van der Waals surface area (Å²) < 4.78 is 26.8. The number of nitrogens with zero attached hydrogens (tertiary/aromatic N) is 1. The molecule has 2 unspecified atom stereocenters. The summed E-state index contributed by atoms with van der Waals surface area (Å²) in [6.45, 7) is 0.271. The van der Waals surface area contributed by atoms with Crippen molar-refractivity contribution in [1.82, 2.24) is 9.62 Å². The maximum atomic E-state index is 12.8. The summed E-state index contributed by atoms with van der Waals surface area (Å²) in [6, 6.07) is 6.53. The Morgan fingerprint density at radius 2 is 1.96 bits per heavy atom. The predicted octanol–water partition coefficient (Wildman–Crippen LogP) is 1.04. The minimum Gasteiger partial charge on any atom is -0.480 e. The number of carbonyl (C=O) groups is 2. The van der Waals surface area contributed by atoms with Gasteiger partial charge in [0.05, 0.1) is 10.9 Å². The van der Waals surface area contributed by atoms with Crippen molar-refractivity contribution >= 4 is 33.7 Å². The summed E-state index contributed by atoms with van der Waals surface area (Å²) in [7, 11) is -3.76. The topological polar surface area (TPSA) is 104 Å². The van der Waals surface area contributed by atoms with Crippen LogP contribution in [0.1, 0.15) is 12.8 Å². The van der Waals surface area contributed by atoms with Gasteiger partial charge in [-0.25, -0.2) is 8.42 Å². The SMILES string of the molecule is O=C(O)C1SC=CC1NC(=O)[C@H]1CCCN1S(=O)(=O)c1ccccc1. The summed E-state index contributed by atoms with van der Waals surface area (Å²) in [5.41, 5.74) is 0. The summed E-state index contributed by atoms with van der Waals surface area (Å²) >= 11 is 1.12. The van der Waals surface area contributed by atoms with Crippen LogP contribution in [0, 0.1) is 0 Å². The van der Waals surface area contributed by atoms with Crippen molar-refractivity contribution in [2.75, 3.05) is 6.54 Å². The lowest BCUT2D eigenvalue weighted by molar-refractivity contribution is -0.136. The van der Waals surface area contributed by atoms with Gasteiger partial charge in [0.25, 0.3) is 0 Å². The van der Waals surface area contributed by atoms with Gasteiger partial charge in [-0.15, -0.1) is 11.8 Å². The fourth-order valence-electron chi connectivity index (χ4n) is 3.01. The van der Waals surface area contributed by atoms with E-state index in [2.05, 4.69) is 5.32 Å². The molecule has 1 aromatic carbocycles. The Kier molecular flexibility index (Phi) is 5.16. The van der Waals surface area contributed by atoms with Gasteiger partial charge in [-0.2, -0.15) is 4.31 Å². The maximum absolute atomic E-state index is 12.8. The van der Waals surface area contributed by atoms with Crippen molar-refractivity contribution in [1.29, 1.82) is 0 Å². The molecule has 3 atom stereocenters. The van der Waals surface area contributed by atoms with Crippen LogP contribution in [0.3, 0.4) is 0 Å². The number of carbonyl (C=O) groups excluding carboxylic acids is 1. The molecule has 0 saturated carbocycles. The second-order valence-corrected chi connectivity index (χ2v) is 8.79. The van der Waals surface area contributed by atoms with Crippen LogP contribution in [0.15, 0.2) is 46.7 Å². The third-order valence-corrected chi connectivity index (χ3v) is 7.27. The monoisotopic (exact) mass is 382 g/mol. The van der Waals surface area contributed by atoms with E-state index in [1.807, 2.05) is 0 Å². The van der Waals surface area contributed by atoms with Crippen molar-refractivity contribution in [3.8, 4) is 0 Å². The number of carboxylic acid groups (broad SMARTS) is 1. The van der Waals surface area contributed by atoms with Crippen molar-refractivity contribution < 1.29 is 23.1 Å². The van der Waals surface area contributed by atoms with E-state index < -0.39 is 39.2 Å². The Balaban J connectivity index is 1.76. The molecule has 0 radical (unpaired) electrons. The van der Waals surface area contributed by atoms with Crippen LogP contribution in [-0.2, 0) is 19.6 Å². The van der Waals surface area contributed by atoms with Crippen LogP contribution in [0.2, 0.25) is 0 Å². The van der Waals surface area contributed by atoms with Gasteiger partial charge in [-0.1, -0.05) is 24.3 Å². The van der Waals surface area contributed by atoms with Crippen molar-refractivity contribution in [3.05, 3.63) is 41.8 Å². The van der Waals surface area contributed by atoms with E-state index in [1.165, 1.54) is 16.4 Å². The fourth-order valence-corrected chi connectivity index (χ4v) is 5.57.